The minimum atomic E-state index is -0.460. The molecule has 0 aliphatic carbocycles. The first-order valence-electron chi connectivity index (χ1n) is 10.7. The van der Waals surface area contributed by atoms with Gasteiger partial charge < -0.3 is 19.6 Å². The molecule has 1 N–H and O–H groups in total. The molecule has 2 aromatic rings. The Hall–Kier alpha value is -2.12. The summed E-state index contributed by atoms with van der Waals surface area (Å²) in [7, 11) is 0. The summed E-state index contributed by atoms with van der Waals surface area (Å²) in [5.41, 5.74) is 3.08. The number of hydrogen-bond donors (Lipinski definition) is 1. The van der Waals surface area contributed by atoms with Crippen LogP contribution in [0.3, 0.4) is 0 Å². The first kappa shape index (κ1) is 22.6. The van der Waals surface area contributed by atoms with E-state index in [9.17, 15) is 4.79 Å². The molecule has 0 saturated carbocycles. The molecule has 1 fully saturated rings. The fourth-order valence-electron chi connectivity index (χ4n) is 3.44. The van der Waals surface area contributed by atoms with Crippen LogP contribution in [-0.2, 0) is 24.0 Å². The lowest BCUT2D eigenvalue weighted by Gasteiger charge is -2.36. The number of carbonyl (C=O) groups is 1. The van der Waals surface area contributed by atoms with Crippen LogP contribution in [0.1, 0.15) is 43.3 Å². The Balaban J connectivity index is 1.46. The van der Waals surface area contributed by atoms with Crippen LogP contribution in [0.15, 0.2) is 29.8 Å². The maximum Gasteiger partial charge on any atom is 0.410 e. The van der Waals surface area contributed by atoms with Crippen LogP contribution in [0.25, 0.3) is 0 Å². The summed E-state index contributed by atoms with van der Waals surface area (Å²) in [4.78, 5) is 22.2. The van der Waals surface area contributed by atoms with Gasteiger partial charge >= 0.3 is 6.09 Å². The lowest BCUT2D eigenvalue weighted by Crippen LogP contribution is -2.50. The van der Waals surface area contributed by atoms with Crippen LogP contribution in [-0.4, -0.2) is 59.5 Å². The molecule has 1 amide bonds. The van der Waals surface area contributed by atoms with Crippen molar-refractivity contribution < 1.29 is 14.6 Å². The van der Waals surface area contributed by atoms with Gasteiger partial charge in [0.15, 0.2) is 0 Å². The van der Waals surface area contributed by atoms with Gasteiger partial charge in [-0.2, -0.15) is 0 Å². The van der Waals surface area contributed by atoms with Gasteiger partial charge in [0.2, 0.25) is 0 Å². The minimum Gasteiger partial charge on any atom is -0.444 e. The highest BCUT2D eigenvalue weighted by Crippen LogP contribution is 2.20. The largest absolute Gasteiger partial charge is 0.444 e. The smallest absolute Gasteiger partial charge is 0.410 e. The monoisotopic (exact) mass is 431 g/mol. The number of piperazine rings is 1. The maximum absolute atomic E-state index is 12.2. The summed E-state index contributed by atoms with van der Waals surface area (Å²) in [6, 6.07) is 6.49. The third-order valence-corrected chi connectivity index (χ3v) is 6.11. The molecule has 1 aliphatic heterocycles. The molecule has 0 aromatic carbocycles. The van der Waals surface area contributed by atoms with Gasteiger partial charge in [-0.3, -0.25) is 4.98 Å². The molecule has 0 radical (unpaired) electrons. The second-order valence-corrected chi connectivity index (χ2v) is 9.71. The molecule has 1 aliphatic rings. The number of aliphatic hydroxyl groups is 1. The lowest BCUT2D eigenvalue weighted by molar-refractivity contribution is 0.0240. The number of thiophene rings is 1. The van der Waals surface area contributed by atoms with Gasteiger partial charge in [0, 0.05) is 43.4 Å². The van der Waals surface area contributed by atoms with Gasteiger partial charge in [-0.05, 0) is 75.6 Å². The van der Waals surface area contributed by atoms with Crippen molar-refractivity contribution >= 4 is 23.1 Å². The van der Waals surface area contributed by atoms with Crippen molar-refractivity contribution in [2.24, 2.45) is 0 Å². The Morgan fingerprint density at radius 3 is 2.57 bits per heavy atom. The van der Waals surface area contributed by atoms with E-state index < -0.39 is 5.60 Å². The summed E-state index contributed by atoms with van der Waals surface area (Å²) in [6.45, 7) is 8.81. The summed E-state index contributed by atoms with van der Waals surface area (Å²) >= 11 is 1.78. The van der Waals surface area contributed by atoms with Gasteiger partial charge in [0.05, 0.1) is 11.9 Å². The number of hydrogen-bond acceptors (Lipinski definition) is 6. The molecule has 3 heterocycles. The second-order valence-electron chi connectivity index (χ2n) is 8.71. The Labute approximate surface area is 183 Å². The van der Waals surface area contributed by atoms with Crippen LogP contribution >= 0.6 is 11.3 Å². The summed E-state index contributed by atoms with van der Waals surface area (Å²) < 4.78 is 5.46. The van der Waals surface area contributed by atoms with E-state index >= 15 is 0 Å². The standard InChI is InChI=1S/C23H33N3O3S/c1-23(2,3)29-22(28)26-12-10-25(11-13-26)20-9-8-19(24-16-20)7-6-18-15-21(30-17-18)5-4-14-27/h8-9,15-17,27H,4-7,10-14H2,1-3H3. The zero-order valence-electron chi connectivity index (χ0n) is 18.3. The van der Waals surface area contributed by atoms with E-state index in [2.05, 4.69) is 33.5 Å². The number of amides is 1. The predicted molar refractivity (Wildman–Crippen MR) is 121 cm³/mol. The van der Waals surface area contributed by atoms with E-state index in [0.29, 0.717) is 13.1 Å². The molecule has 6 nitrogen and oxygen atoms in total. The van der Waals surface area contributed by atoms with Crippen molar-refractivity contribution in [3.8, 4) is 0 Å². The number of aryl methyl sites for hydroxylation is 3. The average molecular weight is 432 g/mol. The van der Waals surface area contributed by atoms with Gasteiger partial charge in [-0.25, -0.2) is 4.79 Å². The van der Waals surface area contributed by atoms with Crippen molar-refractivity contribution in [3.05, 3.63) is 45.9 Å². The molecule has 3 rings (SSSR count). The zero-order chi connectivity index (χ0) is 21.6. The number of anilines is 1. The second kappa shape index (κ2) is 10.3. The van der Waals surface area contributed by atoms with Crippen LogP contribution < -0.4 is 4.90 Å². The first-order valence-corrected chi connectivity index (χ1v) is 11.6. The van der Waals surface area contributed by atoms with Crippen molar-refractivity contribution in [3.63, 3.8) is 0 Å². The Morgan fingerprint density at radius 2 is 1.93 bits per heavy atom. The summed E-state index contributed by atoms with van der Waals surface area (Å²) in [6.07, 6.45) is 5.39. The number of aromatic nitrogens is 1. The molecule has 0 bridgehead atoms. The third kappa shape index (κ3) is 6.71. The molecule has 0 unspecified atom stereocenters. The van der Waals surface area contributed by atoms with E-state index in [-0.39, 0.29) is 12.7 Å². The summed E-state index contributed by atoms with van der Waals surface area (Å²) in [5, 5.41) is 11.2. The van der Waals surface area contributed by atoms with Gasteiger partial charge in [0.25, 0.3) is 0 Å². The van der Waals surface area contributed by atoms with E-state index in [0.717, 1.165) is 50.2 Å². The van der Waals surface area contributed by atoms with Crippen LogP contribution in [0.5, 0.6) is 0 Å². The van der Waals surface area contributed by atoms with E-state index in [4.69, 9.17) is 9.84 Å². The lowest BCUT2D eigenvalue weighted by atomic mass is 10.1. The molecule has 7 heteroatoms. The normalized spacial score (nSPS) is 14.8. The van der Waals surface area contributed by atoms with Crippen molar-refractivity contribution in [2.75, 3.05) is 37.7 Å². The Bertz CT molecular complexity index is 806. The molecule has 2 aromatic heterocycles. The summed E-state index contributed by atoms with van der Waals surface area (Å²) in [5.74, 6) is 0. The first-order chi connectivity index (χ1) is 14.3. The van der Waals surface area contributed by atoms with Gasteiger partial charge in [0.1, 0.15) is 5.60 Å². The van der Waals surface area contributed by atoms with E-state index in [1.165, 1.54) is 10.4 Å². The average Bonchev–Trinajstić information content (AvgIpc) is 3.18. The Morgan fingerprint density at radius 1 is 1.17 bits per heavy atom. The molecule has 0 spiro atoms. The molecule has 164 valence electrons. The quantitative estimate of drug-likeness (QED) is 0.720. The van der Waals surface area contributed by atoms with Crippen LogP contribution in [0.4, 0.5) is 10.5 Å². The van der Waals surface area contributed by atoms with Gasteiger partial charge in [-0.15, -0.1) is 11.3 Å². The zero-order valence-corrected chi connectivity index (χ0v) is 19.1. The topological polar surface area (TPSA) is 65.9 Å². The third-order valence-electron chi connectivity index (χ3n) is 5.06. The fraction of sp³-hybridized carbons (Fsp3) is 0.565. The van der Waals surface area contributed by atoms with Gasteiger partial charge in [-0.1, -0.05) is 0 Å². The molecule has 30 heavy (non-hydrogen) atoms. The van der Waals surface area contributed by atoms with Crippen molar-refractivity contribution in [1.82, 2.24) is 9.88 Å². The number of aliphatic hydroxyl groups excluding tert-OH is 1. The number of ether oxygens (including phenoxy) is 1. The number of pyridine rings is 1. The van der Waals surface area contributed by atoms with Crippen LogP contribution in [0, 0.1) is 0 Å². The Kier molecular flexibility index (Phi) is 7.72. The fourth-order valence-corrected chi connectivity index (χ4v) is 4.41. The minimum absolute atomic E-state index is 0.233. The molecular weight excluding hydrogens is 398 g/mol. The number of carbonyl (C=O) groups excluding carboxylic acids is 1. The van der Waals surface area contributed by atoms with E-state index in [1.54, 1.807) is 16.2 Å². The SMILES string of the molecule is CC(C)(C)OC(=O)N1CCN(c2ccc(CCc3csc(CCCO)c3)nc2)CC1. The number of rotatable bonds is 7. The van der Waals surface area contributed by atoms with E-state index in [1.807, 2.05) is 27.0 Å². The highest BCUT2D eigenvalue weighted by Gasteiger charge is 2.26. The van der Waals surface area contributed by atoms with Crippen molar-refractivity contribution in [1.29, 1.82) is 0 Å². The predicted octanol–water partition coefficient (Wildman–Crippen LogP) is 3.91. The molecular formula is C23H33N3O3S. The maximum atomic E-state index is 12.2. The highest BCUT2D eigenvalue weighted by molar-refractivity contribution is 7.10. The van der Waals surface area contributed by atoms with Crippen molar-refractivity contribution in [2.45, 2.75) is 52.1 Å². The molecule has 1 saturated heterocycles. The number of nitrogens with zero attached hydrogens (tertiary/aromatic N) is 3. The highest BCUT2D eigenvalue weighted by atomic mass is 32.1. The molecule has 0 atom stereocenters. The van der Waals surface area contributed by atoms with Crippen LogP contribution in [0.2, 0.25) is 0 Å².